The molecule has 2 N–H and O–H groups in total. The van der Waals surface area contributed by atoms with Crippen molar-refractivity contribution in [3.05, 3.63) is 29.3 Å². The maximum absolute atomic E-state index is 11.8. The monoisotopic (exact) mass is 416 g/mol. The molecule has 0 amide bonds. The van der Waals surface area contributed by atoms with Gasteiger partial charge in [-0.15, -0.1) is 0 Å². The second-order valence-electron chi connectivity index (χ2n) is 6.56. The van der Waals surface area contributed by atoms with Gasteiger partial charge in [0.1, 0.15) is 0 Å². The molecule has 0 atom stereocenters. The van der Waals surface area contributed by atoms with Gasteiger partial charge in [0, 0.05) is 32.4 Å². The van der Waals surface area contributed by atoms with Crippen LogP contribution in [0.5, 0.6) is 0 Å². The number of nitrogens with one attached hydrogen (secondary N) is 2. The Kier molecular flexibility index (Phi) is 7.24. The highest BCUT2D eigenvalue weighted by atomic mass is 32.2. The summed E-state index contributed by atoms with van der Waals surface area (Å²) in [6, 6.07) is 5.18. The first kappa shape index (κ1) is 21.6. The Bertz CT molecular complexity index is 896. The van der Waals surface area contributed by atoms with Crippen molar-refractivity contribution in [3.63, 3.8) is 0 Å². The molecule has 1 fully saturated rings. The molecule has 0 bridgehead atoms. The van der Waals surface area contributed by atoms with E-state index in [0.717, 1.165) is 5.56 Å². The van der Waals surface area contributed by atoms with Crippen LogP contribution in [0.15, 0.2) is 28.1 Å². The van der Waals surface area contributed by atoms with Gasteiger partial charge in [-0.05, 0) is 37.5 Å². The van der Waals surface area contributed by atoms with Crippen LogP contribution in [-0.2, 0) is 26.4 Å². The van der Waals surface area contributed by atoms with Crippen LogP contribution in [0.2, 0.25) is 0 Å². The van der Waals surface area contributed by atoms with Crippen LogP contribution in [-0.4, -0.2) is 65.3 Å². The third-order valence-corrected chi connectivity index (χ3v) is 7.47. The Morgan fingerprint density at radius 1 is 1.30 bits per heavy atom. The predicted molar refractivity (Wildman–Crippen MR) is 107 cm³/mol. The minimum Gasteiger partial charge on any atom is -0.357 e. The quantitative estimate of drug-likeness (QED) is 0.495. The average molecular weight is 417 g/mol. The third kappa shape index (κ3) is 6.18. The number of hydrogen-bond donors (Lipinski definition) is 2. The number of aryl methyl sites for hydroxylation is 1. The van der Waals surface area contributed by atoms with Crippen LogP contribution in [0.1, 0.15) is 24.5 Å². The largest absolute Gasteiger partial charge is 0.357 e. The van der Waals surface area contributed by atoms with Crippen molar-refractivity contribution in [3.8, 4) is 0 Å². The lowest BCUT2D eigenvalue weighted by Crippen LogP contribution is -2.42. The number of sulfonamides is 1. The Morgan fingerprint density at radius 2 is 2.04 bits per heavy atom. The lowest BCUT2D eigenvalue weighted by atomic mass is 10.1. The summed E-state index contributed by atoms with van der Waals surface area (Å²) >= 11 is 0. The third-order valence-electron chi connectivity index (χ3n) is 4.26. The zero-order chi connectivity index (χ0) is 20.1. The van der Waals surface area contributed by atoms with Crippen LogP contribution in [0, 0.1) is 6.92 Å². The molecule has 1 saturated heterocycles. The number of hydrogen-bond acceptors (Lipinski definition) is 5. The van der Waals surface area contributed by atoms with E-state index in [0.29, 0.717) is 55.6 Å². The first-order valence-electron chi connectivity index (χ1n) is 8.93. The van der Waals surface area contributed by atoms with E-state index in [1.165, 1.54) is 10.6 Å². The molecule has 27 heavy (non-hydrogen) atoms. The molecule has 152 valence electrons. The van der Waals surface area contributed by atoms with Crippen molar-refractivity contribution < 1.29 is 16.8 Å². The molecule has 0 spiro atoms. The molecule has 1 aromatic carbocycles. The molecule has 0 radical (unpaired) electrons. The van der Waals surface area contributed by atoms with Gasteiger partial charge in [0.25, 0.3) is 0 Å². The SMILES string of the molecule is CCNC(=NCc1ccc(S(C)(=O)=O)c(C)c1)NCCN1CCCS1(=O)=O. The molecule has 1 aliphatic rings. The Balaban J connectivity index is 1.97. The summed E-state index contributed by atoms with van der Waals surface area (Å²) in [4.78, 5) is 4.82. The fourth-order valence-corrected chi connectivity index (χ4v) is 5.47. The summed E-state index contributed by atoms with van der Waals surface area (Å²) in [5, 5.41) is 6.27. The van der Waals surface area contributed by atoms with E-state index in [-0.39, 0.29) is 5.75 Å². The van der Waals surface area contributed by atoms with Gasteiger partial charge in [-0.3, -0.25) is 0 Å². The molecular formula is C17H28N4O4S2. The number of aliphatic imine (C=N–C) groups is 1. The van der Waals surface area contributed by atoms with Gasteiger partial charge in [0.15, 0.2) is 15.8 Å². The molecule has 1 aromatic rings. The number of benzene rings is 1. The Hall–Kier alpha value is -1.65. The van der Waals surface area contributed by atoms with Crippen molar-refractivity contribution in [2.24, 2.45) is 4.99 Å². The maximum Gasteiger partial charge on any atom is 0.214 e. The molecule has 1 aliphatic heterocycles. The summed E-state index contributed by atoms with van der Waals surface area (Å²) in [6.07, 6.45) is 1.88. The van der Waals surface area contributed by atoms with E-state index in [4.69, 9.17) is 0 Å². The first-order chi connectivity index (χ1) is 12.6. The van der Waals surface area contributed by atoms with Crippen LogP contribution in [0.4, 0.5) is 0 Å². The van der Waals surface area contributed by atoms with Crippen LogP contribution in [0.3, 0.4) is 0 Å². The van der Waals surface area contributed by atoms with Gasteiger partial charge < -0.3 is 10.6 Å². The molecule has 0 aliphatic carbocycles. The summed E-state index contributed by atoms with van der Waals surface area (Å²) in [5.41, 5.74) is 1.60. The predicted octanol–water partition coefficient (Wildman–Crippen LogP) is 0.489. The van der Waals surface area contributed by atoms with E-state index in [2.05, 4.69) is 15.6 Å². The molecule has 2 rings (SSSR count). The van der Waals surface area contributed by atoms with Gasteiger partial charge in [-0.1, -0.05) is 12.1 Å². The normalized spacial score (nSPS) is 17.8. The summed E-state index contributed by atoms with van der Waals surface area (Å²) in [6.45, 7) is 6.24. The maximum atomic E-state index is 11.8. The fraction of sp³-hybridized carbons (Fsp3) is 0.588. The van der Waals surface area contributed by atoms with Crippen molar-refractivity contribution in [1.29, 1.82) is 0 Å². The summed E-state index contributed by atoms with van der Waals surface area (Å²) in [7, 11) is -6.32. The zero-order valence-corrected chi connectivity index (χ0v) is 17.7. The van der Waals surface area contributed by atoms with Crippen LogP contribution in [0.25, 0.3) is 0 Å². The minimum absolute atomic E-state index is 0.226. The molecule has 10 heteroatoms. The standard InChI is InChI=1S/C17H28N4O4S2/c1-4-18-17(19-8-10-21-9-5-11-27(21,24)25)20-13-15-6-7-16(14(2)12-15)26(3,22)23/h6-7,12H,4-5,8-11,13H2,1-3H3,(H2,18,19,20). The second-order valence-corrected chi connectivity index (χ2v) is 10.6. The average Bonchev–Trinajstić information content (AvgIpc) is 2.90. The van der Waals surface area contributed by atoms with Gasteiger partial charge in [-0.2, -0.15) is 0 Å². The number of sulfone groups is 1. The number of nitrogens with zero attached hydrogens (tertiary/aromatic N) is 2. The summed E-state index contributed by atoms with van der Waals surface area (Å²) < 4.78 is 48.5. The van der Waals surface area contributed by atoms with Crippen LogP contribution < -0.4 is 10.6 Å². The van der Waals surface area contributed by atoms with Crippen molar-refractivity contribution >= 4 is 25.8 Å². The fourth-order valence-electron chi connectivity index (χ4n) is 2.98. The smallest absolute Gasteiger partial charge is 0.214 e. The van der Waals surface area contributed by atoms with E-state index >= 15 is 0 Å². The van der Waals surface area contributed by atoms with Crippen molar-refractivity contribution in [1.82, 2.24) is 14.9 Å². The second kappa shape index (κ2) is 9.03. The van der Waals surface area contributed by atoms with Crippen molar-refractivity contribution in [2.75, 3.05) is 38.2 Å². The van der Waals surface area contributed by atoms with E-state index in [1.54, 1.807) is 19.1 Å². The Labute approximate surface area is 162 Å². The van der Waals surface area contributed by atoms with Gasteiger partial charge in [0.2, 0.25) is 10.0 Å². The van der Waals surface area contributed by atoms with Crippen molar-refractivity contribution in [2.45, 2.75) is 31.7 Å². The first-order valence-corrected chi connectivity index (χ1v) is 12.4. The molecule has 8 nitrogen and oxygen atoms in total. The van der Waals surface area contributed by atoms with E-state index in [1.807, 2.05) is 13.0 Å². The van der Waals surface area contributed by atoms with Gasteiger partial charge >= 0.3 is 0 Å². The highest BCUT2D eigenvalue weighted by Crippen LogP contribution is 2.17. The lowest BCUT2D eigenvalue weighted by molar-refractivity contribution is 0.445. The summed E-state index contributed by atoms with van der Waals surface area (Å²) in [5.74, 6) is 0.822. The molecule has 1 heterocycles. The zero-order valence-electron chi connectivity index (χ0n) is 16.0. The van der Waals surface area contributed by atoms with Gasteiger partial charge in [-0.25, -0.2) is 26.1 Å². The topological polar surface area (TPSA) is 108 Å². The molecule has 0 unspecified atom stereocenters. The Morgan fingerprint density at radius 3 is 2.59 bits per heavy atom. The van der Waals surface area contributed by atoms with Crippen LogP contribution >= 0.6 is 0 Å². The highest BCUT2D eigenvalue weighted by Gasteiger charge is 2.27. The molecule has 0 saturated carbocycles. The highest BCUT2D eigenvalue weighted by molar-refractivity contribution is 7.90. The number of guanidine groups is 1. The minimum atomic E-state index is -3.23. The molecular weight excluding hydrogens is 388 g/mol. The van der Waals surface area contributed by atoms with E-state index in [9.17, 15) is 16.8 Å². The molecule has 0 aromatic heterocycles. The van der Waals surface area contributed by atoms with E-state index < -0.39 is 19.9 Å². The van der Waals surface area contributed by atoms with Gasteiger partial charge in [0.05, 0.1) is 17.2 Å². The lowest BCUT2D eigenvalue weighted by Gasteiger charge is -2.16. The number of rotatable bonds is 7.